The topological polar surface area (TPSA) is 64.0 Å². The summed E-state index contributed by atoms with van der Waals surface area (Å²) in [6.45, 7) is 12.1. The highest BCUT2D eigenvalue weighted by molar-refractivity contribution is 5.57. The fourth-order valence-electron chi connectivity index (χ4n) is 4.05. The van der Waals surface area contributed by atoms with E-state index in [0.717, 1.165) is 37.1 Å². The van der Waals surface area contributed by atoms with Gasteiger partial charge in [-0.1, -0.05) is 43.5 Å². The molecule has 35 heavy (non-hydrogen) atoms. The highest BCUT2D eigenvalue weighted by Crippen LogP contribution is 2.40. The summed E-state index contributed by atoms with van der Waals surface area (Å²) >= 11 is 0. The van der Waals surface area contributed by atoms with E-state index in [-0.39, 0.29) is 0 Å². The van der Waals surface area contributed by atoms with Crippen LogP contribution in [0.4, 0.5) is 0 Å². The number of ether oxygens (including phenoxy) is 4. The first-order valence-corrected chi connectivity index (χ1v) is 11.8. The Kier molecular flexibility index (Phi) is 10.7. The maximum Gasteiger partial charge on any atom is 0.161 e. The lowest BCUT2D eigenvalue weighted by Gasteiger charge is -2.30. The van der Waals surface area contributed by atoms with Crippen LogP contribution in [0.25, 0.3) is 5.76 Å². The highest BCUT2D eigenvalue weighted by Gasteiger charge is 2.37. The molecule has 0 N–H and O–H groups in total. The number of rotatable bonds is 15. The molecule has 2 rings (SSSR count). The first kappa shape index (κ1) is 27.8. The van der Waals surface area contributed by atoms with E-state index in [1.807, 2.05) is 37.3 Å². The molecule has 6 heteroatoms. The third kappa shape index (κ3) is 7.03. The molecule has 0 aliphatic rings. The van der Waals surface area contributed by atoms with Crippen molar-refractivity contribution in [1.82, 2.24) is 4.90 Å². The van der Waals surface area contributed by atoms with Crippen LogP contribution in [-0.4, -0.2) is 53.0 Å². The number of nitrogens with zero attached hydrogens (tertiary/aromatic N) is 2. The van der Waals surface area contributed by atoms with E-state index in [1.54, 1.807) is 21.3 Å². The van der Waals surface area contributed by atoms with Crippen molar-refractivity contribution >= 4 is 5.76 Å². The Morgan fingerprint density at radius 1 is 1.00 bits per heavy atom. The monoisotopic (exact) mass is 478 g/mol. The van der Waals surface area contributed by atoms with Crippen molar-refractivity contribution in [2.45, 2.75) is 31.6 Å². The van der Waals surface area contributed by atoms with Crippen LogP contribution >= 0.6 is 0 Å². The van der Waals surface area contributed by atoms with Crippen molar-refractivity contribution in [2.75, 3.05) is 48.1 Å². The molecule has 1 atom stereocenters. The first-order valence-electron chi connectivity index (χ1n) is 11.8. The van der Waals surface area contributed by atoms with Gasteiger partial charge in [-0.15, -0.1) is 0 Å². The Hall–Kier alpha value is -3.43. The van der Waals surface area contributed by atoms with Gasteiger partial charge in [0.15, 0.2) is 11.5 Å². The minimum Gasteiger partial charge on any atom is -0.497 e. The smallest absolute Gasteiger partial charge is 0.161 e. The number of methoxy groups -OCH3 is 3. The Morgan fingerprint density at radius 3 is 2.26 bits per heavy atom. The van der Waals surface area contributed by atoms with Crippen molar-refractivity contribution in [3.8, 4) is 17.6 Å². The maximum absolute atomic E-state index is 10.3. The van der Waals surface area contributed by atoms with Crippen molar-refractivity contribution < 1.29 is 18.9 Å². The molecule has 0 bridgehead atoms. The van der Waals surface area contributed by atoms with E-state index in [9.17, 15) is 5.26 Å². The standard InChI is InChI=1S/C29H38N2O4/c1-8-35-23(3)29(21-30,26-14-15-27(33-6)28(20-26)34-7)17-9-18-31(4)19-16-24-10-12-25(13-11-24)22(2)32-5/h10-15,20H,2-3,8-9,16-19H2,1,4-7H3. The molecule has 0 heterocycles. The molecule has 0 aromatic heterocycles. The van der Waals surface area contributed by atoms with E-state index < -0.39 is 5.41 Å². The maximum atomic E-state index is 10.3. The summed E-state index contributed by atoms with van der Waals surface area (Å²) in [5, 5.41) is 10.3. The van der Waals surface area contributed by atoms with Gasteiger partial charge in [-0.25, -0.2) is 0 Å². The summed E-state index contributed by atoms with van der Waals surface area (Å²) in [7, 11) is 6.90. The summed E-state index contributed by atoms with van der Waals surface area (Å²) in [5.74, 6) is 2.31. The van der Waals surface area contributed by atoms with Crippen molar-refractivity contribution in [3.63, 3.8) is 0 Å². The average molecular weight is 479 g/mol. The van der Waals surface area contributed by atoms with E-state index in [4.69, 9.17) is 18.9 Å². The lowest BCUT2D eigenvalue weighted by atomic mass is 9.76. The molecule has 0 aliphatic heterocycles. The second-order valence-electron chi connectivity index (χ2n) is 8.42. The fraction of sp³-hybridized carbons (Fsp3) is 0.414. The van der Waals surface area contributed by atoms with Crippen LogP contribution in [0.5, 0.6) is 11.5 Å². The molecule has 0 amide bonds. The number of allylic oxidation sites excluding steroid dienone is 1. The molecule has 188 valence electrons. The lowest BCUT2D eigenvalue weighted by molar-refractivity contribution is 0.185. The fourth-order valence-corrected chi connectivity index (χ4v) is 4.05. The zero-order valence-corrected chi connectivity index (χ0v) is 21.7. The molecule has 0 fully saturated rings. The highest BCUT2D eigenvalue weighted by atomic mass is 16.5. The molecule has 2 aromatic carbocycles. The minimum absolute atomic E-state index is 0.450. The quantitative estimate of drug-likeness (QED) is 0.311. The van der Waals surface area contributed by atoms with Gasteiger partial charge in [0, 0.05) is 12.1 Å². The van der Waals surface area contributed by atoms with Crippen LogP contribution in [0, 0.1) is 11.3 Å². The molecule has 0 saturated carbocycles. The van der Waals surface area contributed by atoms with Gasteiger partial charge in [0.05, 0.1) is 34.0 Å². The average Bonchev–Trinajstić information content (AvgIpc) is 2.89. The number of nitriles is 1. The Labute approximate surface area is 210 Å². The van der Waals surface area contributed by atoms with Crippen LogP contribution in [0.2, 0.25) is 0 Å². The number of hydrogen-bond acceptors (Lipinski definition) is 6. The van der Waals surface area contributed by atoms with Gasteiger partial charge in [0.1, 0.15) is 16.9 Å². The third-order valence-electron chi connectivity index (χ3n) is 6.26. The predicted octanol–water partition coefficient (Wildman–Crippen LogP) is 5.59. The number of hydrogen-bond donors (Lipinski definition) is 0. The zero-order chi connectivity index (χ0) is 25.8. The van der Waals surface area contributed by atoms with Gasteiger partial charge >= 0.3 is 0 Å². The number of likely N-dealkylation sites (N-methyl/N-ethyl adjacent to an activating group) is 1. The summed E-state index contributed by atoms with van der Waals surface area (Å²) in [5.41, 5.74) is 2.06. The number of benzene rings is 2. The summed E-state index contributed by atoms with van der Waals surface area (Å²) in [4.78, 5) is 2.28. The van der Waals surface area contributed by atoms with Gasteiger partial charge in [0.2, 0.25) is 0 Å². The van der Waals surface area contributed by atoms with Gasteiger partial charge in [-0.05, 0) is 63.0 Å². The molecular weight excluding hydrogens is 440 g/mol. The van der Waals surface area contributed by atoms with Gasteiger partial charge in [-0.2, -0.15) is 5.26 Å². The van der Waals surface area contributed by atoms with Gasteiger partial charge < -0.3 is 23.8 Å². The summed E-state index contributed by atoms with van der Waals surface area (Å²) < 4.78 is 21.8. The van der Waals surface area contributed by atoms with E-state index in [1.165, 1.54) is 5.56 Å². The van der Waals surface area contributed by atoms with Crippen LogP contribution in [0.1, 0.15) is 36.5 Å². The second kappa shape index (κ2) is 13.5. The Balaban J connectivity index is 2.06. The normalized spacial score (nSPS) is 12.4. The van der Waals surface area contributed by atoms with Crippen LogP contribution in [-0.2, 0) is 21.3 Å². The molecule has 6 nitrogen and oxygen atoms in total. The van der Waals surface area contributed by atoms with Crippen molar-refractivity contribution in [3.05, 3.63) is 78.1 Å². The minimum atomic E-state index is -0.976. The molecule has 0 aliphatic carbocycles. The van der Waals surface area contributed by atoms with Crippen LogP contribution < -0.4 is 9.47 Å². The SMILES string of the molecule is C=C(OC)c1ccc(CCN(C)CCCC(C#N)(C(=C)OCC)c2ccc(OC)c(OC)c2)cc1. The van der Waals surface area contributed by atoms with E-state index >= 15 is 0 Å². The van der Waals surface area contributed by atoms with Gasteiger partial charge in [0.25, 0.3) is 0 Å². The third-order valence-corrected chi connectivity index (χ3v) is 6.26. The van der Waals surface area contributed by atoms with E-state index in [2.05, 4.69) is 43.3 Å². The molecule has 2 aromatic rings. The first-order chi connectivity index (χ1) is 16.8. The zero-order valence-electron chi connectivity index (χ0n) is 21.7. The van der Waals surface area contributed by atoms with Crippen molar-refractivity contribution in [2.24, 2.45) is 0 Å². The second-order valence-corrected chi connectivity index (χ2v) is 8.42. The summed E-state index contributed by atoms with van der Waals surface area (Å²) in [6, 6.07) is 16.3. The Bertz CT molecular complexity index is 1030. The summed E-state index contributed by atoms with van der Waals surface area (Å²) in [6.07, 6.45) is 2.31. The molecule has 0 radical (unpaired) electrons. The predicted molar refractivity (Wildman–Crippen MR) is 141 cm³/mol. The van der Waals surface area contributed by atoms with E-state index in [0.29, 0.717) is 36.0 Å². The lowest BCUT2D eigenvalue weighted by Crippen LogP contribution is -2.30. The molecular formula is C29H38N2O4. The molecule has 0 saturated heterocycles. The largest absolute Gasteiger partial charge is 0.497 e. The molecule has 0 spiro atoms. The molecule has 1 unspecified atom stereocenters. The van der Waals surface area contributed by atoms with Crippen LogP contribution in [0.3, 0.4) is 0 Å². The van der Waals surface area contributed by atoms with Crippen molar-refractivity contribution in [1.29, 1.82) is 5.26 Å². The van der Waals surface area contributed by atoms with Crippen LogP contribution in [0.15, 0.2) is 61.4 Å². The Morgan fingerprint density at radius 2 is 1.69 bits per heavy atom. The van der Waals surface area contributed by atoms with Gasteiger partial charge in [-0.3, -0.25) is 0 Å².